The minimum absolute atomic E-state index is 0.0272. The zero-order valence-corrected chi connectivity index (χ0v) is 14.7. The molecule has 1 amide bonds. The van der Waals surface area contributed by atoms with Gasteiger partial charge in [-0.25, -0.2) is 18.5 Å². The van der Waals surface area contributed by atoms with Gasteiger partial charge in [-0.3, -0.25) is 4.79 Å². The molecule has 1 atom stereocenters. The van der Waals surface area contributed by atoms with E-state index in [0.717, 1.165) is 12.0 Å². The summed E-state index contributed by atoms with van der Waals surface area (Å²) in [6.45, 7) is 1.43. The third-order valence-corrected chi connectivity index (χ3v) is 4.81. The van der Waals surface area contributed by atoms with Gasteiger partial charge in [0.1, 0.15) is 6.10 Å². The Morgan fingerprint density at radius 3 is 2.73 bits per heavy atom. The predicted octanol–water partition coefficient (Wildman–Crippen LogP) is 0.827. The summed E-state index contributed by atoms with van der Waals surface area (Å²) in [5.41, 5.74) is 1.18. The van der Waals surface area contributed by atoms with Gasteiger partial charge in [-0.2, -0.15) is 0 Å². The van der Waals surface area contributed by atoms with E-state index in [2.05, 4.69) is 10.3 Å². The van der Waals surface area contributed by atoms with E-state index < -0.39 is 10.0 Å². The lowest BCUT2D eigenvalue weighted by atomic mass is 10.2. The topological polar surface area (TPSA) is 121 Å². The van der Waals surface area contributed by atoms with Crippen LogP contribution >= 0.6 is 0 Å². The number of aromatic nitrogens is 1. The molecule has 0 saturated carbocycles. The Morgan fingerprint density at radius 2 is 2.08 bits per heavy atom. The van der Waals surface area contributed by atoms with E-state index in [1.54, 1.807) is 24.3 Å². The van der Waals surface area contributed by atoms with Crippen LogP contribution in [-0.4, -0.2) is 38.6 Å². The lowest BCUT2D eigenvalue weighted by molar-refractivity contribution is 0.0949. The predicted molar refractivity (Wildman–Crippen MR) is 93.1 cm³/mol. The second-order valence-corrected chi connectivity index (χ2v) is 7.42. The molecule has 1 aromatic heterocycles. The number of pyridine rings is 1. The number of nitrogens with one attached hydrogen (secondary N) is 1. The molecule has 8 nitrogen and oxygen atoms in total. The monoisotopic (exact) mass is 377 g/mol. The molecule has 0 aliphatic carbocycles. The average Bonchev–Trinajstić information content (AvgIpc) is 3.12. The number of primary sulfonamides is 1. The smallest absolute Gasteiger partial charge is 0.251 e. The minimum atomic E-state index is -3.73. The Balaban J connectivity index is 1.59. The van der Waals surface area contributed by atoms with Gasteiger partial charge >= 0.3 is 0 Å². The van der Waals surface area contributed by atoms with Crippen molar-refractivity contribution in [1.29, 1.82) is 0 Å². The summed E-state index contributed by atoms with van der Waals surface area (Å²) in [6, 6.07) is 9.18. The molecule has 3 N–H and O–H groups in total. The number of carbonyl (C=O) groups is 1. The van der Waals surface area contributed by atoms with Gasteiger partial charge in [0.2, 0.25) is 15.9 Å². The molecule has 0 radical (unpaired) electrons. The highest BCUT2D eigenvalue weighted by molar-refractivity contribution is 7.89. The van der Waals surface area contributed by atoms with Gasteiger partial charge in [0.05, 0.1) is 18.1 Å². The molecule has 1 aromatic carbocycles. The molecule has 0 bridgehead atoms. The fourth-order valence-corrected chi connectivity index (χ4v) is 2.99. The van der Waals surface area contributed by atoms with E-state index in [-0.39, 0.29) is 23.5 Å². The summed E-state index contributed by atoms with van der Waals surface area (Å²) in [6.07, 6.45) is 2.27. The molecular formula is C17H19N3O5S. The second kappa shape index (κ2) is 7.81. The quantitative estimate of drug-likeness (QED) is 0.769. The van der Waals surface area contributed by atoms with Crippen molar-refractivity contribution in [3.05, 3.63) is 53.7 Å². The normalized spacial score (nSPS) is 17.0. The minimum Gasteiger partial charge on any atom is -0.472 e. The van der Waals surface area contributed by atoms with E-state index in [9.17, 15) is 13.2 Å². The molecule has 2 aromatic rings. The fourth-order valence-electron chi connectivity index (χ4n) is 2.47. The molecule has 1 fully saturated rings. The summed E-state index contributed by atoms with van der Waals surface area (Å²) in [7, 11) is -3.73. The van der Waals surface area contributed by atoms with Gasteiger partial charge in [-0.05, 0) is 23.8 Å². The van der Waals surface area contributed by atoms with Gasteiger partial charge < -0.3 is 14.8 Å². The van der Waals surface area contributed by atoms with E-state index in [4.69, 9.17) is 14.6 Å². The Bertz CT molecular complexity index is 878. The van der Waals surface area contributed by atoms with Crippen molar-refractivity contribution in [3.63, 3.8) is 0 Å². The van der Waals surface area contributed by atoms with Gasteiger partial charge in [0, 0.05) is 30.8 Å². The standard InChI is InChI=1S/C17H19N3O5S/c18-26(22,23)15-3-1-12(2-4-15)10-20-17(21)13-5-7-19-16(9-13)25-14-6-8-24-11-14/h1-5,7,9,14H,6,8,10-11H2,(H,20,21)(H2,18,22,23). The molecule has 0 spiro atoms. The molecule has 1 aliphatic rings. The highest BCUT2D eigenvalue weighted by Crippen LogP contribution is 2.16. The number of ether oxygens (including phenoxy) is 2. The van der Waals surface area contributed by atoms with Crippen molar-refractivity contribution in [2.24, 2.45) is 5.14 Å². The van der Waals surface area contributed by atoms with Crippen LogP contribution in [0.3, 0.4) is 0 Å². The second-order valence-electron chi connectivity index (χ2n) is 5.86. The van der Waals surface area contributed by atoms with Gasteiger partial charge in [0.25, 0.3) is 5.91 Å². The average molecular weight is 377 g/mol. The lowest BCUT2D eigenvalue weighted by Gasteiger charge is -2.11. The van der Waals surface area contributed by atoms with Crippen LogP contribution in [0.4, 0.5) is 0 Å². The Hall–Kier alpha value is -2.49. The number of amides is 1. The number of sulfonamides is 1. The zero-order valence-electron chi connectivity index (χ0n) is 13.9. The maximum absolute atomic E-state index is 12.3. The first-order valence-corrected chi connectivity index (χ1v) is 9.57. The van der Waals surface area contributed by atoms with E-state index in [1.165, 1.54) is 18.3 Å². The van der Waals surface area contributed by atoms with Gasteiger partial charge in [0.15, 0.2) is 0 Å². The van der Waals surface area contributed by atoms with Crippen molar-refractivity contribution >= 4 is 15.9 Å². The van der Waals surface area contributed by atoms with Crippen LogP contribution in [0.5, 0.6) is 5.88 Å². The van der Waals surface area contributed by atoms with Crippen LogP contribution in [-0.2, 0) is 21.3 Å². The van der Waals surface area contributed by atoms with E-state index in [1.807, 2.05) is 0 Å². The maximum atomic E-state index is 12.3. The Kier molecular flexibility index (Phi) is 5.50. The summed E-state index contributed by atoms with van der Waals surface area (Å²) < 4.78 is 33.4. The van der Waals surface area contributed by atoms with E-state index >= 15 is 0 Å². The number of nitrogens with zero attached hydrogens (tertiary/aromatic N) is 1. The summed E-state index contributed by atoms with van der Waals surface area (Å²) in [5.74, 6) is 0.0982. The summed E-state index contributed by atoms with van der Waals surface area (Å²) >= 11 is 0. The molecular weight excluding hydrogens is 358 g/mol. The first-order chi connectivity index (χ1) is 12.4. The van der Waals surface area contributed by atoms with Crippen LogP contribution in [0.1, 0.15) is 22.3 Å². The molecule has 1 aliphatic heterocycles. The SMILES string of the molecule is NS(=O)(=O)c1ccc(CNC(=O)c2ccnc(OC3CCOC3)c2)cc1. The zero-order chi connectivity index (χ0) is 18.6. The molecule has 3 rings (SSSR count). The first-order valence-electron chi connectivity index (χ1n) is 8.02. The highest BCUT2D eigenvalue weighted by Gasteiger charge is 2.18. The number of carbonyl (C=O) groups excluding carboxylic acids is 1. The summed E-state index contributed by atoms with van der Waals surface area (Å²) in [5, 5.41) is 7.82. The third kappa shape index (κ3) is 4.78. The number of hydrogen-bond acceptors (Lipinski definition) is 6. The molecule has 1 unspecified atom stereocenters. The van der Waals surface area contributed by atoms with Gasteiger partial charge in [-0.15, -0.1) is 0 Å². The third-order valence-electron chi connectivity index (χ3n) is 3.88. The van der Waals surface area contributed by atoms with Crippen molar-refractivity contribution in [2.75, 3.05) is 13.2 Å². The molecule has 138 valence electrons. The van der Waals surface area contributed by atoms with Crippen LogP contribution in [0.2, 0.25) is 0 Å². The van der Waals surface area contributed by atoms with E-state index in [0.29, 0.717) is 24.7 Å². The Labute approximate surface area is 151 Å². The molecule has 9 heteroatoms. The van der Waals surface area contributed by atoms with Crippen LogP contribution in [0.15, 0.2) is 47.5 Å². The van der Waals surface area contributed by atoms with Crippen molar-refractivity contribution < 1.29 is 22.7 Å². The summed E-state index contributed by atoms with van der Waals surface area (Å²) in [4.78, 5) is 16.4. The van der Waals surface area contributed by atoms with Crippen LogP contribution < -0.4 is 15.2 Å². The maximum Gasteiger partial charge on any atom is 0.251 e. The number of hydrogen-bond donors (Lipinski definition) is 2. The lowest BCUT2D eigenvalue weighted by Crippen LogP contribution is -2.23. The molecule has 1 saturated heterocycles. The first kappa shape index (κ1) is 18.3. The highest BCUT2D eigenvalue weighted by atomic mass is 32.2. The van der Waals surface area contributed by atoms with Crippen molar-refractivity contribution in [1.82, 2.24) is 10.3 Å². The number of nitrogens with two attached hydrogens (primary N) is 1. The van der Waals surface area contributed by atoms with Crippen LogP contribution in [0, 0.1) is 0 Å². The Morgan fingerprint density at radius 1 is 1.31 bits per heavy atom. The number of rotatable bonds is 6. The molecule has 26 heavy (non-hydrogen) atoms. The van der Waals surface area contributed by atoms with Gasteiger partial charge in [-0.1, -0.05) is 12.1 Å². The van der Waals surface area contributed by atoms with Crippen molar-refractivity contribution in [2.45, 2.75) is 24.0 Å². The van der Waals surface area contributed by atoms with Crippen molar-refractivity contribution in [3.8, 4) is 5.88 Å². The largest absolute Gasteiger partial charge is 0.472 e. The number of benzene rings is 1. The van der Waals surface area contributed by atoms with Crippen LogP contribution in [0.25, 0.3) is 0 Å². The molecule has 2 heterocycles. The fraction of sp³-hybridized carbons (Fsp3) is 0.294.